The number of carbonyl (C=O) groups is 2. The number of carbonyl (C=O) groups excluding carboxylic acids is 1. The van der Waals surface area contributed by atoms with Crippen molar-refractivity contribution in [1.29, 1.82) is 0 Å². The molecule has 0 aromatic carbocycles. The summed E-state index contributed by atoms with van der Waals surface area (Å²) in [5.74, 6) is -1.42. The lowest BCUT2D eigenvalue weighted by Gasteiger charge is -2.42. The van der Waals surface area contributed by atoms with Gasteiger partial charge in [-0.15, -0.1) is 16.9 Å². The number of aliphatic carboxylic acids is 1. The molecule has 2 N–H and O–H groups in total. The van der Waals surface area contributed by atoms with E-state index in [1.165, 1.54) is 33.1 Å². The van der Waals surface area contributed by atoms with Crippen molar-refractivity contribution < 1.29 is 19.8 Å². The molecule has 11 heteroatoms. The number of aliphatic hydroxyl groups is 1. The highest BCUT2D eigenvalue weighted by Gasteiger charge is 2.62. The van der Waals surface area contributed by atoms with Crippen LogP contribution in [0.5, 0.6) is 0 Å². The van der Waals surface area contributed by atoms with Gasteiger partial charge in [0, 0.05) is 19.3 Å². The summed E-state index contributed by atoms with van der Waals surface area (Å²) in [5, 5.41) is 30.6. The van der Waals surface area contributed by atoms with Gasteiger partial charge in [-0.3, -0.25) is 9.59 Å². The minimum atomic E-state index is -1.11. The van der Waals surface area contributed by atoms with Crippen LogP contribution in [0.1, 0.15) is 6.92 Å². The van der Waals surface area contributed by atoms with Gasteiger partial charge >= 0.3 is 5.97 Å². The minimum Gasteiger partial charge on any atom is -0.480 e. The normalized spacial score (nSPS) is 31.8. The molecule has 2 fully saturated rings. The number of aromatic nitrogens is 4. The van der Waals surface area contributed by atoms with Crippen LogP contribution in [0.25, 0.3) is 0 Å². The highest BCUT2D eigenvalue weighted by molar-refractivity contribution is 8.05. The van der Waals surface area contributed by atoms with E-state index < -0.39 is 22.7 Å². The lowest BCUT2D eigenvalue weighted by molar-refractivity contribution is -0.156. The summed E-state index contributed by atoms with van der Waals surface area (Å²) in [5.41, 5.74) is 0. The zero-order valence-electron chi connectivity index (χ0n) is 11.9. The molecular formula is C11H15N5O4S2. The molecule has 120 valence electrons. The first kappa shape index (κ1) is 15.6. The first-order valence-electron chi connectivity index (χ1n) is 6.60. The van der Waals surface area contributed by atoms with E-state index in [0.717, 1.165) is 0 Å². The van der Waals surface area contributed by atoms with Gasteiger partial charge < -0.3 is 15.1 Å². The molecule has 0 spiro atoms. The smallest absolute Gasteiger partial charge is 0.322 e. The molecule has 1 aromatic heterocycles. The maximum Gasteiger partial charge on any atom is 0.322 e. The number of carboxylic acids is 1. The Hall–Kier alpha value is -1.33. The molecule has 0 saturated carbocycles. The Morgan fingerprint density at radius 3 is 2.91 bits per heavy atom. The summed E-state index contributed by atoms with van der Waals surface area (Å²) in [7, 11) is 1.68. The summed E-state index contributed by atoms with van der Waals surface area (Å²) in [6.07, 6.45) is -0.776. The third kappa shape index (κ3) is 2.27. The van der Waals surface area contributed by atoms with Crippen LogP contribution in [0.2, 0.25) is 0 Å². The second-order valence-corrected chi connectivity index (χ2v) is 7.86. The van der Waals surface area contributed by atoms with Crippen molar-refractivity contribution in [2.45, 2.75) is 28.3 Å². The van der Waals surface area contributed by atoms with Crippen LogP contribution in [-0.4, -0.2) is 75.7 Å². The van der Waals surface area contributed by atoms with Gasteiger partial charge in [0.15, 0.2) is 0 Å². The van der Waals surface area contributed by atoms with Gasteiger partial charge in [0.25, 0.3) is 0 Å². The summed E-state index contributed by atoms with van der Waals surface area (Å²) >= 11 is 2.48. The van der Waals surface area contributed by atoms with Crippen LogP contribution in [0.3, 0.4) is 0 Å². The molecule has 2 aliphatic rings. The quantitative estimate of drug-likeness (QED) is 0.513. The van der Waals surface area contributed by atoms with Crippen LogP contribution in [-0.2, 0) is 16.6 Å². The lowest BCUT2D eigenvalue weighted by Crippen LogP contribution is -2.60. The molecule has 1 amide bonds. The Kier molecular flexibility index (Phi) is 3.81. The fourth-order valence-corrected chi connectivity index (χ4v) is 5.54. The molecule has 0 aliphatic carbocycles. The number of aryl methyl sites for hydroxylation is 1. The molecule has 22 heavy (non-hydrogen) atoms. The largest absolute Gasteiger partial charge is 0.480 e. The number of thioether (sulfide) groups is 2. The molecule has 0 radical (unpaired) electrons. The van der Waals surface area contributed by atoms with Crippen molar-refractivity contribution in [2.75, 3.05) is 12.3 Å². The topological polar surface area (TPSA) is 121 Å². The molecule has 4 atom stereocenters. The van der Waals surface area contributed by atoms with Gasteiger partial charge in [-0.05, 0) is 17.4 Å². The van der Waals surface area contributed by atoms with E-state index in [-0.39, 0.29) is 23.6 Å². The molecule has 1 unspecified atom stereocenters. The number of β-lactam (4-membered cyclic amide) rings is 1. The Morgan fingerprint density at radius 1 is 1.64 bits per heavy atom. The van der Waals surface area contributed by atoms with Crippen molar-refractivity contribution in [3.05, 3.63) is 0 Å². The molecule has 3 rings (SSSR count). The number of hydrogen-bond donors (Lipinski definition) is 2. The lowest BCUT2D eigenvalue weighted by atomic mass is 9.92. The molecule has 0 bridgehead atoms. The minimum absolute atomic E-state index is 0.137. The number of aliphatic hydroxyl groups excluding tert-OH is 1. The fourth-order valence-electron chi connectivity index (χ4n) is 2.63. The van der Waals surface area contributed by atoms with Crippen LogP contribution >= 0.6 is 23.5 Å². The number of rotatable bonds is 5. The third-order valence-electron chi connectivity index (χ3n) is 3.88. The van der Waals surface area contributed by atoms with Gasteiger partial charge in [0.2, 0.25) is 11.1 Å². The SMILES string of the molecule is C[C@@H](O)[C@@H]1C(=O)N2CC(CSc3nnnn3C)(C(=O)O)S[C@H]12. The molecule has 9 nitrogen and oxygen atoms in total. The highest BCUT2D eigenvalue weighted by atomic mass is 32.2. The average molecular weight is 345 g/mol. The maximum atomic E-state index is 12.0. The second kappa shape index (κ2) is 5.39. The van der Waals surface area contributed by atoms with Crippen LogP contribution < -0.4 is 0 Å². The van der Waals surface area contributed by atoms with Gasteiger partial charge in [-0.25, -0.2) is 4.68 Å². The number of carboxylic acid groups (broad SMARTS) is 1. The number of amides is 1. The van der Waals surface area contributed by atoms with Crippen molar-refractivity contribution >= 4 is 35.4 Å². The second-order valence-electron chi connectivity index (χ2n) is 5.41. The molecule has 1 aromatic rings. The van der Waals surface area contributed by atoms with E-state index in [0.29, 0.717) is 5.16 Å². The first-order valence-corrected chi connectivity index (χ1v) is 8.47. The number of fused-ring (bicyclic) bond motifs is 1. The Bertz CT molecular complexity index is 623. The average Bonchev–Trinajstić information content (AvgIpc) is 2.99. The Morgan fingerprint density at radius 2 is 2.36 bits per heavy atom. The molecule has 2 saturated heterocycles. The number of tetrazole rings is 1. The summed E-state index contributed by atoms with van der Waals surface area (Å²) < 4.78 is 0.360. The van der Waals surface area contributed by atoms with Crippen molar-refractivity contribution in [3.8, 4) is 0 Å². The van der Waals surface area contributed by atoms with E-state index in [4.69, 9.17) is 0 Å². The standard InChI is InChI=1S/C11H15N5O4S2/c1-5(17)6-7(18)16-3-11(9(19)20,22-8(6)16)4-21-10-12-13-14-15(10)2/h5-6,8,17H,3-4H2,1-2H3,(H,19,20)/t5-,6-,8-,11?/m1/s1. The van der Waals surface area contributed by atoms with E-state index >= 15 is 0 Å². The fraction of sp³-hybridized carbons (Fsp3) is 0.727. The predicted molar refractivity (Wildman–Crippen MR) is 78.2 cm³/mol. The monoisotopic (exact) mass is 345 g/mol. The van der Waals surface area contributed by atoms with E-state index in [1.807, 2.05) is 0 Å². The summed E-state index contributed by atoms with van der Waals surface area (Å²) in [4.78, 5) is 25.3. The van der Waals surface area contributed by atoms with Crippen molar-refractivity contribution in [3.63, 3.8) is 0 Å². The molecule has 2 aliphatic heterocycles. The zero-order chi connectivity index (χ0) is 16.1. The predicted octanol–water partition coefficient (Wildman–Crippen LogP) is -0.962. The third-order valence-corrected chi connectivity index (χ3v) is 6.99. The van der Waals surface area contributed by atoms with E-state index in [9.17, 15) is 19.8 Å². The number of hydrogen-bond acceptors (Lipinski definition) is 8. The summed E-state index contributed by atoms with van der Waals surface area (Å²) in [6.45, 7) is 1.69. The van der Waals surface area contributed by atoms with Gasteiger partial charge in [0.05, 0.1) is 17.4 Å². The first-order chi connectivity index (χ1) is 10.4. The van der Waals surface area contributed by atoms with Crippen molar-refractivity contribution in [2.24, 2.45) is 13.0 Å². The Labute approximate surface area is 134 Å². The summed E-state index contributed by atoms with van der Waals surface area (Å²) in [6, 6.07) is 0. The van der Waals surface area contributed by atoms with Crippen LogP contribution in [0.4, 0.5) is 0 Å². The van der Waals surface area contributed by atoms with Gasteiger partial charge in [-0.1, -0.05) is 11.8 Å². The zero-order valence-corrected chi connectivity index (χ0v) is 13.5. The van der Waals surface area contributed by atoms with Gasteiger partial charge in [0.1, 0.15) is 4.75 Å². The molecule has 3 heterocycles. The van der Waals surface area contributed by atoms with Crippen LogP contribution in [0, 0.1) is 5.92 Å². The Balaban J connectivity index is 1.76. The van der Waals surface area contributed by atoms with Crippen LogP contribution in [0.15, 0.2) is 5.16 Å². The van der Waals surface area contributed by atoms with Gasteiger partial charge in [-0.2, -0.15) is 0 Å². The highest BCUT2D eigenvalue weighted by Crippen LogP contribution is 2.52. The van der Waals surface area contributed by atoms with Crippen molar-refractivity contribution in [1.82, 2.24) is 25.1 Å². The maximum absolute atomic E-state index is 12.0. The number of nitrogens with zero attached hydrogens (tertiary/aromatic N) is 5. The van der Waals surface area contributed by atoms with E-state index in [2.05, 4.69) is 15.5 Å². The van der Waals surface area contributed by atoms with E-state index in [1.54, 1.807) is 14.0 Å². The molecular weight excluding hydrogens is 330 g/mol.